The second-order valence-electron chi connectivity index (χ2n) is 4.49. The first kappa shape index (κ1) is 14.3. The van der Waals surface area contributed by atoms with Crippen molar-refractivity contribution in [2.75, 3.05) is 11.9 Å². The van der Waals surface area contributed by atoms with Crippen LogP contribution in [0.1, 0.15) is 28.9 Å². The lowest BCUT2D eigenvalue weighted by Gasteiger charge is -2.28. The van der Waals surface area contributed by atoms with Crippen LogP contribution in [-0.4, -0.2) is 23.1 Å². The molecule has 0 radical (unpaired) electrons. The smallest absolute Gasteiger partial charge is 0.339 e. The Kier molecular flexibility index (Phi) is 4.25. The Balaban J connectivity index is 2.39. The molecule has 4 nitrogen and oxygen atoms in total. The van der Waals surface area contributed by atoms with Crippen LogP contribution in [0.4, 0.5) is 5.82 Å². The number of aromatic nitrogens is 1. The van der Waals surface area contributed by atoms with Gasteiger partial charge >= 0.3 is 5.97 Å². The summed E-state index contributed by atoms with van der Waals surface area (Å²) in [5.74, 6) is -0.571. The number of anilines is 1. The third kappa shape index (κ3) is 2.75. The van der Waals surface area contributed by atoms with E-state index in [0.29, 0.717) is 10.8 Å². The SMILES string of the molecule is CC(c1ccccc1Cl)N(C)c1ncccc1C(=O)O. The van der Waals surface area contributed by atoms with Gasteiger partial charge in [0, 0.05) is 18.3 Å². The molecule has 0 spiro atoms. The molecule has 0 bridgehead atoms. The molecule has 0 fully saturated rings. The molecular formula is C15H15ClN2O2. The van der Waals surface area contributed by atoms with Crippen LogP contribution in [0.5, 0.6) is 0 Å². The molecule has 1 heterocycles. The molecule has 2 aromatic rings. The molecule has 1 unspecified atom stereocenters. The minimum atomic E-state index is -0.994. The minimum absolute atomic E-state index is 0.0864. The van der Waals surface area contributed by atoms with Gasteiger partial charge in [-0.25, -0.2) is 9.78 Å². The predicted octanol–water partition coefficient (Wildman–Crippen LogP) is 3.63. The van der Waals surface area contributed by atoms with Gasteiger partial charge in [0.2, 0.25) is 0 Å². The van der Waals surface area contributed by atoms with Crippen molar-refractivity contribution in [3.8, 4) is 0 Å². The third-order valence-corrected chi connectivity index (χ3v) is 3.63. The van der Waals surface area contributed by atoms with E-state index in [1.807, 2.05) is 43.1 Å². The maximum absolute atomic E-state index is 11.3. The molecular weight excluding hydrogens is 276 g/mol. The van der Waals surface area contributed by atoms with Gasteiger partial charge in [-0.2, -0.15) is 0 Å². The zero-order valence-corrected chi connectivity index (χ0v) is 12.0. The Labute approximate surface area is 122 Å². The van der Waals surface area contributed by atoms with E-state index in [0.717, 1.165) is 5.56 Å². The van der Waals surface area contributed by atoms with Gasteiger partial charge in [0.15, 0.2) is 0 Å². The number of hydrogen-bond acceptors (Lipinski definition) is 3. The zero-order valence-electron chi connectivity index (χ0n) is 11.2. The Morgan fingerprint density at radius 3 is 2.65 bits per heavy atom. The molecule has 0 aliphatic heterocycles. The van der Waals surface area contributed by atoms with Crippen molar-refractivity contribution in [1.29, 1.82) is 0 Å². The standard InChI is InChI=1S/C15H15ClN2O2/c1-10(11-6-3-4-8-13(11)16)18(2)14-12(15(19)20)7-5-9-17-14/h3-10H,1-2H3,(H,19,20). The molecule has 0 saturated heterocycles. The molecule has 5 heteroatoms. The average Bonchev–Trinajstić information content (AvgIpc) is 2.46. The molecule has 2 rings (SSSR count). The van der Waals surface area contributed by atoms with Crippen molar-refractivity contribution in [2.45, 2.75) is 13.0 Å². The number of halogens is 1. The van der Waals surface area contributed by atoms with Gasteiger partial charge in [-0.1, -0.05) is 29.8 Å². The Morgan fingerprint density at radius 2 is 2.00 bits per heavy atom. The van der Waals surface area contributed by atoms with E-state index < -0.39 is 5.97 Å². The highest BCUT2D eigenvalue weighted by Crippen LogP contribution is 2.30. The van der Waals surface area contributed by atoms with Crippen LogP contribution in [0.3, 0.4) is 0 Å². The summed E-state index contributed by atoms with van der Waals surface area (Å²) < 4.78 is 0. The van der Waals surface area contributed by atoms with E-state index >= 15 is 0 Å². The first-order valence-corrected chi connectivity index (χ1v) is 6.55. The van der Waals surface area contributed by atoms with Crippen molar-refractivity contribution in [3.05, 3.63) is 58.7 Å². The summed E-state index contributed by atoms with van der Waals surface area (Å²) in [4.78, 5) is 17.2. The average molecular weight is 291 g/mol. The molecule has 0 saturated carbocycles. The predicted molar refractivity (Wildman–Crippen MR) is 79.5 cm³/mol. The van der Waals surface area contributed by atoms with Crippen molar-refractivity contribution in [3.63, 3.8) is 0 Å². The fourth-order valence-electron chi connectivity index (χ4n) is 2.05. The van der Waals surface area contributed by atoms with Gasteiger partial charge < -0.3 is 10.0 Å². The summed E-state index contributed by atoms with van der Waals surface area (Å²) in [6.07, 6.45) is 1.58. The lowest BCUT2D eigenvalue weighted by atomic mass is 10.1. The van der Waals surface area contributed by atoms with E-state index in [1.165, 1.54) is 0 Å². The molecule has 0 amide bonds. The van der Waals surface area contributed by atoms with Gasteiger partial charge in [-0.3, -0.25) is 0 Å². The number of benzene rings is 1. The van der Waals surface area contributed by atoms with Crippen molar-refractivity contribution < 1.29 is 9.90 Å². The maximum Gasteiger partial charge on any atom is 0.339 e. The largest absolute Gasteiger partial charge is 0.478 e. The lowest BCUT2D eigenvalue weighted by molar-refractivity contribution is 0.0697. The Bertz CT molecular complexity index is 631. The lowest BCUT2D eigenvalue weighted by Crippen LogP contribution is -2.25. The van der Waals surface area contributed by atoms with Crippen molar-refractivity contribution in [2.24, 2.45) is 0 Å². The van der Waals surface area contributed by atoms with E-state index in [1.54, 1.807) is 18.3 Å². The van der Waals surface area contributed by atoms with Crippen molar-refractivity contribution >= 4 is 23.4 Å². The number of aromatic carboxylic acids is 1. The summed E-state index contributed by atoms with van der Waals surface area (Å²) in [7, 11) is 1.81. The summed E-state index contributed by atoms with van der Waals surface area (Å²) in [5.41, 5.74) is 1.10. The molecule has 1 aromatic carbocycles. The number of carbonyl (C=O) groups is 1. The highest BCUT2D eigenvalue weighted by atomic mass is 35.5. The maximum atomic E-state index is 11.3. The van der Waals surface area contributed by atoms with E-state index in [9.17, 15) is 9.90 Å². The monoisotopic (exact) mass is 290 g/mol. The number of pyridine rings is 1. The Morgan fingerprint density at radius 1 is 1.30 bits per heavy atom. The topological polar surface area (TPSA) is 53.4 Å². The van der Waals surface area contributed by atoms with Gasteiger partial charge in [0.1, 0.15) is 11.4 Å². The van der Waals surface area contributed by atoms with E-state index in [4.69, 9.17) is 11.6 Å². The van der Waals surface area contributed by atoms with Crippen LogP contribution in [-0.2, 0) is 0 Å². The summed E-state index contributed by atoms with van der Waals surface area (Å²) in [6, 6.07) is 10.6. The summed E-state index contributed by atoms with van der Waals surface area (Å²) in [6.45, 7) is 1.96. The normalized spacial score (nSPS) is 11.9. The minimum Gasteiger partial charge on any atom is -0.478 e. The van der Waals surface area contributed by atoms with Gasteiger partial charge in [-0.15, -0.1) is 0 Å². The molecule has 0 aliphatic rings. The summed E-state index contributed by atoms with van der Waals surface area (Å²) >= 11 is 6.19. The summed E-state index contributed by atoms with van der Waals surface area (Å²) in [5, 5.41) is 9.88. The van der Waals surface area contributed by atoms with Crippen LogP contribution < -0.4 is 4.90 Å². The van der Waals surface area contributed by atoms with E-state index in [2.05, 4.69) is 4.98 Å². The number of hydrogen-bond donors (Lipinski definition) is 1. The zero-order chi connectivity index (χ0) is 14.7. The van der Waals surface area contributed by atoms with Crippen LogP contribution in [0, 0.1) is 0 Å². The van der Waals surface area contributed by atoms with Crippen LogP contribution in [0.25, 0.3) is 0 Å². The van der Waals surface area contributed by atoms with Crippen LogP contribution in [0.15, 0.2) is 42.6 Å². The molecule has 104 valence electrons. The highest BCUT2D eigenvalue weighted by Gasteiger charge is 2.20. The molecule has 1 atom stereocenters. The molecule has 20 heavy (non-hydrogen) atoms. The molecule has 0 aliphatic carbocycles. The van der Waals surface area contributed by atoms with Crippen LogP contribution in [0.2, 0.25) is 5.02 Å². The number of carboxylic acids is 1. The van der Waals surface area contributed by atoms with Gasteiger partial charge in [0.25, 0.3) is 0 Å². The first-order chi connectivity index (χ1) is 9.52. The number of nitrogens with zero attached hydrogens (tertiary/aromatic N) is 2. The second kappa shape index (κ2) is 5.92. The molecule has 1 aromatic heterocycles. The van der Waals surface area contributed by atoms with E-state index in [-0.39, 0.29) is 11.6 Å². The first-order valence-electron chi connectivity index (χ1n) is 6.18. The van der Waals surface area contributed by atoms with Crippen LogP contribution >= 0.6 is 11.6 Å². The number of rotatable bonds is 4. The fourth-order valence-corrected chi connectivity index (χ4v) is 2.34. The third-order valence-electron chi connectivity index (χ3n) is 3.29. The molecule has 1 N–H and O–H groups in total. The second-order valence-corrected chi connectivity index (χ2v) is 4.90. The Hall–Kier alpha value is -2.07. The fraction of sp³-hybridized carbons (Fsp3) is 0.200. The van der Waals surface area contributed by atoms with Gasteiger partial charge in [0.05, 0.1) is 6.04 Å². The quantitative estimate of drug-likeness (QED) is 0.934. The highest BCUT2D eigenvalue weighted by molar-refractivity contribution is 6.31. The van der Waals surface area contributed by atoms with Gasteiger partial charge in [-0.05, 0) is 30.7 Å². The van der Waals surface area contributed by atoms with Crippen molar-refractivity contribution in [1.82, 2.24) is 4.98 Å². The number of carboxylic acid groups (broad SMARTS) is 1.